The minimum Gasteiger partial charge on any atom is -0.309 e. The Balaban J connectivity index is 3.63. The second-order valence-corrected chi connectivity index (χ2v) is 4.33. The van der Waals surface area contributed by atoms with Gasteiger partial charge in [-0.1, -0.05) is 25.4 Å². The first-order valence-electron chi connectivity index (χ1n) is 5.60. The third-order valence-corrected chi connectivity index (χ3v) is 3.44. The summed E-state index contributed by atoms with van der Waals surface area (Å²) in [6, 6.07) is 0. The van der Waals surface area contributed by atoms with Gasteiger partial charge in [0.05, 0.1) is 5.56 Å². The molecule has 1 aromatic rings. The summed E-state index contributed by atoms with van der Waals surface area (Å²) in [5, 5.41) is 0.504. The number of aromatic nitrogens is 2. The summed E-state index contributed by atoms with van der Waals surface area (Å²) in [6.07, 6.45) is 1.58. The predicted molar refractivity (Wildman–Crippen MR) is 69.9 cm³/mol. The second-order valence-electron chi connectivity index (χ2n) is 3.61. The van der Waals surface area contributed by atoms with Gasteiger partial charge in [-0.15, -0.1) is 0 Å². The van der Waals surface area contributed by atoms with Crippen LogP contribution in [0.25, 0.3) is 0 Å². The van der Waals surface area contributed by atoms with Gasteiger partial charge >= 0.3 is 0 Å². The van der Waals surface area contributed by atoms with Crippen molar-refractivity contribution in [3.63, 3.8) is 0 Å². The lowest BCUT2D eigenvalue weighted by Gasteiger charge is -2.15. The predicted octanol–water partition coefficient (Wildman–Crippen LogP) is 3.02. The molecule has 0 atom stereocenters. The summed E-state index contributed by atoms with van der Waals surface area (Å²) in [4.78, 5) is 12.0. The van der Waals surface area contributed by atoms with Crippen LogP contribution in [-0.2, 0) is 19.5 Å². The van der Waals surface area contributed by atoms with Gasteiger partial charge in [0.1, 0.15) is 5.15 Å². The molecule has 0 bridgehead atoms. The highest BCUT2D eigenvalue weighted by Gasteiger charge is 2.12. The van der Waals surface area contributed by atoms with E-state index in [2.05, 4.69) is 6.92 Å². The molecule has 3 nitrogen and oxygen atoms in total. The van der Waals surface area contributed by atoms with E-state index in [1.165, 1.54) is 0 Å². The van der Waals surface area contributed by atoms with Crippen molar-refractivity contribution in [2.24, 2.45) is 0 Å². The largest absolute Gasteiger partial charge is 0.309 e. The molecule has 16 heavy (non-hydrogen) atoms. The first-order chi connectivity index (χ1) is 7.58. The van der Waals surface area contributed by atoms with Gasteiger partial charge < -0.3 is 4.57 Å². The molecule has 0 aliphatic rings. The van der Waals surface area contributed by atoms with Crippen molar-refractivity contribution in [3.8, 4) is 0 Å². The third kappa shape index (κ3) is 2.23. The molecular weight excluding hydrogens is 244 g/mol. The van der Waals surface area contributed by atoms with E-state index < -0.39 is 0 Å². The molecule has 0 saturated heterocycles. The minimum absolute atomic E-state index is 0.0487. The van der Waals surface area contributed by atoms with Gasteiger partial charge in [-0.3, -0.25) is 9.36 Å². The topological polar surface area (TPSA) is 26.9 Å². The van der Waals surface area contributed by atoms with Crippen LogP contribution in [-0.4, -0.2) is 9.13 Å². The van der Waals surface area contributed by atoms with Crippen LogP contribution in [0.5, 0.6) is 0 Å². The molecule has 0 aliphatic heterocycles. The number of rotatable bonds is 4. The lowest BCUT2D eigenvalue weighted by atomic mass is 10.2. The van der Waals surface area contributed by atoms with Crippen LogP contribution in [0.4, 0.5) is 0 Å². The molecule has 0 amide bonds. The maximum Gasteiger partial charge on any atom is 0.258 e. The summed E-state index contributed by atoms with van der Waals surface area (Å²) in [5.74, 6) is 0. The van der Waals surface area contributed by atoms with E-state index in [4.69, 9.17) is 23.8 Å². The van der Waals surface area contributed by atoms with Crippen molar-refractivity contribution in [1.82, 2.24) is 9.13 Å². The SMILES string of the molecule is CCCn1c(Cl)c(CC)c(=O)n(CC)c1=S. The van der Waals surface area contributed by atoms with Crippen LogP contribution in [0.15, 0.2) is 4.79 Å². The second kappa shape index (κ2) is 5.64. The molecule has 0 N–H and O–H groups in total. The van der Waals surface area contributed by atoms with Crippen LogP contribution >= 0.6 is 23.8 Å². The Hall–Kier alpha value is -0.610. The molecule has 5 heteroatoms. The molecule has 0 unspecified atom stereocenters. The summed E-state index contributed by atoms with van der Waals surface area (Å²) in [7, 11) is 0. The molecular formula is C11H17ClN2OS. The molecule has 0 aliphatic carbocycles. The Morgan fingerprint density at radius 1 is 1.25 bits per heavy atom. The first-order valence-corrected chi connectivity index (χ1v) is 6.39. The average molecular weight is 261 g/mol. The fraction of sp³-hybridized carbons (Fsp3) is 0.636. The highest BCUT2D eigenvalue weighted by Crippen LogP contribution is 2.14. The molecule has 1 aromatic heterocycles. The molecule has 1 heterocycles. The molecule has 0 aromatic carbocycles. The standard InChI is InChI=1S/C11H17ClN2OS/c1-4-7-14-9(12)8(5-2)10(15)13(6-3)11(14)16/h4-7H2,1-3H3. The molecule has 0 fully saturated rings. The van der Waals surface area contributed by atoms with E-state index in [1.54, 1.807) is 4.57 Å². The third-order valence-electron chi connectivity index (χ3n) is 2.57. The van der Waals surface area contributed by atoms with Crippen LogP contribution in [0, 0.1) is 4.77 Å². The zero-order valence-corrected chi connectivity index (χ0v) is 11.5. The summed E-state index contributed by atoms with van der Waals surface area (Å²) in [5.41, 5.74) is 0.609. The molecule has 0 spiro atoms. The van der Waals surface area contributed by atoms with Crippen molar-refractivity contribution < 1.29 is 0 Å². The quantitative estimate of drug-likeness (QED) is 0.615. The highest BCUT2D eigenvalue weighted by atomic mass is 35.5. The maximum atomic E-state index is 12.0. The Morgan fingerprint density at radius 2 is 1.88 bits per heavy atom. The van der Waals surface area contributed by atoms with Crippen molar-refractivity contribution >= 4 is 23.8 Å². The van der Waals surface area contributed by atoms with Crippen LogP contribution in [0.2, 0.25) is 5.15 Å². The zero-order chi connectivity index (χ0) is 12.3. The van der Waals surface area contributed by atoms with Gasteiger partial charge in [0.15, 0.2) is 4.77 Å². The van der Waals surface area contributed by atoms with E-state index in [9.17, 15) is 4.79 Å². The molecule has 0 radical (unpaired) electrons. The Labute approximate surface area is 106 Å². The molecule has 90 valence electrons. The number of hydrogen-bond acceptors (Lipinski definition) is 2. The van der Waals surface area contributed by atoms with Crippen LogP contribution in [0.3, 0.4) is 0 Å². The van der Waals surface area contributed by atoms with Crippen molar-refractivity contribution in [2.75, 3.05) is 0 Å². The number of halogens is 1. The van der Waals surface area contributed by atoms with Crippen LogP contribution < -0.4 is 5.56 Å². The summed E-state index contributed by atoms with van der Waals surface area (Å²) >= 11 is 11.5. The fourth-order valence-corrected chi connectivity index (χ4v) is 2.55. The lowest BCUT2D eigenvalue weighted by molar-refractivity contribution is 0.575. The normalized spacial score (nSPS) is 10.8. The van der Waals surface area contributed by atoms with Gasteiger partial charge in [-0.2, -0.15) is 0 Å². The maximum absolute atomic E-state index is 12.0. The minimum atomic E-state index is -0.0487. The van der Waals surface area contributed by atoms with Gasteiger partial charge in [-0.05, 0) is 32.0 Å². The van der Waals surface area contributed by atoms with E-state index in [0.29, 0.717) is 28.5 Å². The Morgan fingerprint density at radius 3 is 2.31 bits per heavy atom. The van der Waals surface area contributed by atoms with Crippen molar-refractivity contribution in [3.05, 3.63) is 25.8 Å². The molecule has 0 saturated carbocycles. The van der Waals surface area contributed by atoms with E-state index in [-0.39, 0.29) is 5.56 Å². The van der Waals surface area contributed by atoms with E-state index in [1.807, 2.05) is 18.4 Å². The lowest BCUT2D eigenvalue weighted by Crippen LogP contribution is -2.28. The molecule has 1 rings (SSSR count). The fourth-order valence-electron chi connectivity index (χ4n) is 1.72. The zero-order valence-electron chi connectivity index (χ0n) is 9.92. The van der Waals surface area contributed by atoms with Crippen molar-refractivity contribution in [2.45, 2.75) is 46.7 Å². The number of nitrogens with zero attached hydrogens (tertiary/aromatic N) is 2. The first kappa shape index (κ1) is 13.5. The smallest absolute Gasteiger partial charge is 0.258 e. The van der Waals surface area contributed by atoms with Gasteiger partial charge in [0.25, 0.3) is 5.56 Å². The summed E-state index contributed by atoms with van der Waals surface area (Å²) < 4.78 is 3.98. The highest BCUT2D eigenvalue weighted by molar-refractivity contribution is 7.71. The Bertz CT molecular complexity index is 490. The number of hydrogen-bond donors (Lipinski definition) is 0. The van der Waals surface area contributed by atoms with Crippen LogP contribution in [0.1, 0.15) is 32.8 Å². The van der Waals surface area contributed by atoms with Gasteiger partial charge in [-0.25, -0.2) is 0 Å². The average Bonchev–Trinajstić information content (AvgIpc) is 2.26. The van der Waals surface area contributed by atoms with Gasteiger partial charge in [0, 0.05) is 13.1 Å². The monoisotopic (exact) mass is 260 g/mol. The van der Waals surface area contributed by atoms with E-state index >= 15 is 0 Å². The van der Waals surface area contributed by atoms with E-state index in [0.717, 1.165) is 13.0 Å². The summed E-state index contributed by atoms with van der Waals surface area (Å²) in [6.45, 7) is 7.25. The van der Waals surface area contributed by atoms with Gasteiger partial charge in [0.2, 0.25) is 0 Å². The Kier molecular flexibility index (Phi) is 4.74. The van der Waals surface area contributed by atoms with Crippen molar-refractivity contribution in [1.29, 1.82) is 0 Å².